The van der Waals surface area contributed by atoms with Crippen LogP contribution in [0.3, 0.4) is 0 Å². The Morgan fingerprint density at radius 3 is 2.19 bits per heavy atom. The average molecular weight is 385 g/mol. The summed E-state index contributed by atoms with van der Waals surface area (Å²) in [5.41, 5.74) is 0. The van der Waals surface area contributed by atoms with Crippen LogP contribution >= 0.6 is 0 Å². The van der Waals surface area contributed by atoms with Crippen molar-refractivity contribution in [2.75, 3.05) is 13.7 Å². The fourth-order valence-electron chi connectivity index (χ4n) is 2.66. The largest absolute Gasteiger partial charge is 0.469 e. The number of hydrogen-bond donors (Lipinski definition) is 0. The molecule has 6 nitrogen and oxygen atoms in total. The molecule has 0 aromatic carbocycles. The minimum Gasteiger partial charge on any atom is -0.469 e. The molecular weight excluding hydrogens is 348 g/mol. The molecule has 0 heterocycles. The molecule has 0 bridgehead atoms. The molecule has 0 fully saturated rings. The van der Waals surface area contributed by atoms with Crippen LogP contribution in [0.25, 0.3) is 0 Å². The molecule has 0 aromatic rings. The van der Waals surface area contributed by atoms with Gasteiger partial charge in [0.05, 0.1) is 13.7 Å². The van der Waals surface area contributed by atoms with E-state index >= 15 is 0 Å². The number of esters is 3. The molecule has 0 aliphatic carbocycles. The third-order valence-electron chi connectivity index (χ3n) is 4.09. The van der Waals surface area contributed by atoms with Gasteiger partial charge in [0.2, 0.25) is 0 Å². The van der Waals surface area contributed by atoms with Crippen LogP contribution in [0.2, 0.25) is 0 Å². The molecular formula is C21H36O6. The number of rotatable bonds is 16. The Labute approximate surface area is 163 Å². The van der Waals surface area contributed by atoms with Gasteiger partial charge in [-0.25, -0.2) is 0 Å². The summed E-state index contributed by atoms with van der Waals surface area (Å²) in [6.07, 6.45) is 14.0. The molecule has 156 valence electrons. The monoisotopic (exact) mass is 384 g/mol. The highest BCUT2D eigenvalue weighted by Crippen LogP contribution is 2.12. The Bertz CT molecular complexity index is 444. The topological polar surface area (TPSA) is 78.9 Å². The maximum Gasteiger partial charge on any atom is 0.305 e. The van der Waals surface area contributed by atoms with Gasteiger partial charge in [-0.2, -0.15) is 0 Å². The van der Waals surface area contributed by atoms with E-state index in [1.165, 1.54) is 21.0 Å². The van der Waals surface area contributed by atoms with Crippen molar-refractivity contribution < 1.29 is 28.6 Å². The number of carbonyl (C=O) groups is 3. The van der Waals surface area contributed by atoms with E-state index in [1.54, 1.807) is 0 Å². The summed E-state index contributed by atoms with van der Waals surface area (Å²) in [5, 5.41) is 0. The molecule has 0 saturated heterocycles. The predicted molar refractivity (Wildman–Crippen MR) is 104 cm³/mol. The normalized spacial score (nSPS) is 12.0. The van der Waals surface area contributed by atoms with Gasteiger partial charge in [0.15, 0.2) is 0 Å². The Hall–Kier alpha value is -1.85. The highest BCUT2D eigenvalue weighted by Gasteiger charge is 2.08. The molecule has 0 spiro atoms. The number of methoxy groups -OCH3 is 1. The molecule has 27 heavy (non-hydrogen) atoms. The van der Waals surface area contributed by atoms with E-state index in [1.807, 2.05) is 6.08 Å². The lowest BCUT2D eigenvalue weighted by atomic mass is 10.1. The van der Waals surface area contributed by atoms with Gasteiger partial charge in [-0.15, -0.1) is 0 Å². The second-order valence-electron chi connectivity index (χ2n) is 6.65. The molecule has 1 atom stereocenters. The van der Waals surface area contributed by atoms with Gasteiger partial charge in [0, 0.05) is 20.3 Å². The Morgan fingerprint density at radius 1 is 0.852 bits per heavy atom. The fourth-order valence-corrected chi connectivity index (χ4v) is 2.66. The molecule has 0 N–H and O–H groups in total. The van der Waals surface area contributed by atoms with Crippen LogP contribution in [-0.2, 0) is 28.6 Å². The third-order valence-corrected chi connectivity index (χ3v) is 4.09. The zero-order valence-electron chi connectivity index (χ0n) is 17.2. The van der Waals surface area contributed by atoms with Gasteiger partial charge >= 0.3 is 17.9 Å². The summed E-state index contributed by atoms with van der Waals surface area (Å²) in [5.74, 6) is -0.671. The maximum atomic E-state index is 11.2. The number of hydrogen-bond acceptors (Lipinski definition) is 6. The van der Waals surface area contributed by atoms with Gasteiger partial charge in [0.25, 0.3) is 0 Å². The van der Waals surface area contributed by atoms with Crippen molar-refractivity contribution in [3.8, 4) is 0 Å². The van der Waals surface area contributed by atoms with Crippen molar-refractivity contribution in [1.82, 2.24) is 0 Å². The van der Waals surface area contributed by atoms with Gasteiger partial charge in [-0.1, -0.05) is 31.8 Å². The summed E-state index contributed by atoms with van der Waals surface area (Å²) in [6, 6.07) is 0. The zero-order chi connectivity index (χ0) is 20.3. The molecule has 0 radical (unpaired) electrons. The van der Waals surface area contributed by atoms with Gasteiger partial charge in [-0.3, -0.25) is 14.4 Å². The zero-order valence-corrected chi connectivity index (χ0v) is 17.2. The lowest BCUT2D eigenvalue weighted by Gasteiger charge is -2.13. The lowest BCUT2D eigenvalue weighted by molar-refractivity contribution is -0.144. The van der Waals surface area contributed by atoms with E-state index in [0.29, 0.717) is 13.0 Å². The quantitative estimate of drug-likeness (QED) is 0.169. The van der Waals surface area contributed by atoms with E-state index in [-0.39, 0.29) is 24.0 Å². The molecule has 0 saturated carbocycles. The van der Waals surface area contributed by atoms with Crippen LogP contribution in [0, 0.1) is 0 Å². The van der Waals surface area contributed by atoms with Gasteiger partial charge < -0.3 is 14.2 Å². The Morgan fingerprint density at radius 2 is 1.52 bits per heavy atom. The summed E-state index contributed by atoms with van der Waals surface area (Å²) in [6.45, 7) is 3.37. The molecule has 0 aromatic heterocycles. The standard InChI is InChI=1S/C21H36O6/c1-18(22)26-17-13-8-6-4-5-7-10-14-20(27-19(2)23)15-11-9-12-16-21(24)25-3/h10,14,20H,4-9,11-13,15-17H2,1-3H3. The highest BCUT2D eigenvalue weighted by atomic mass is 16.5. The van der Waals surface area contributed by atoms with Gasteiger partial charge in [0.1, 0.15) is 6.10 Å². The van der Waals surface area contributed by atoms with Crippen LogP contribution in [0.15, 0.2) is 12.2 Å². The fraction of sp³-hybridized carbons (Fsp3) is 0.762. The summed E-state index contributed by atoms with van der Waals surface area (Å²) < 4.78 is 14.8. The summed E-state index contributed by atoms with van der Waals surface area (Å²) in [7, 11) is 1.40. The third kappa shape index (κ3) is 18.7. The van der Waals surface area contributed by atoms with Crippen molar-refractivity contribution in [1.29, 1.82) is 0 Å². The molecule has 0 aliphatic heterocycles. The van der Waals surface area contributed by atoms with Crippen molar-refractivity contribution in [2.24, 2.45) is 0 Å². The van der Waals surface area contributed by atoms with E-state index in [9.17, 15) is 14.4 Å². The SMILES string of the molecule is COC(=O)CCCCCC(C=CCCCCCCCOC(C)=O)OC(C)=O. The smallest absolute Gasteiger partial charge is 0.305 e. The molecule has 6 heteroatoms. The average Bonchev–Trinajstić information content (AvgIpc) is 2.61. The number of ether oxygens (including phenoxy) is 3. The van der Waals surface area contributed by atoms with Crippen molar-refractivity contribution >= 4 is 17.9 Å². The second kappa shape index (κ2) is 17.6. The first-order chi connectivity index (χ1) is 13.0. The maximum absolute atomic E-state index is 11.2. The molecule has 0 amide bonds. The Kier molecular flexibility index (Phi) is 16.4. The first-order valence-electron chi connectivity index (χ1n) is 9.99. The second-order valence-corrected chi connectivity index (χ2v) is 6.65. The molecule has 0 rings (SSSR count). The highest BCUT2D eigenvalue weighted by molar-refractivity contribution is 5.69. The van der Waals surface area contributed by atoms with Crippen LogP contribution < -0.4 is 0 Å². The summed E-state index contributed by atoms with van der Waals surface area (Å²) in [4.78, 5) is 32.9. The first-order valence-corrected chi connectivity index (χ1v) is 9.99. The van der Waals surface area contributed by atoms with Crippen molar-refractivity contribution in [3.05, 3.63) is 12.2 Å². The lowest BCUT2D eigenvalue weighted by Crippen LogP contribution is -2.13. The number of carbonyl (C=O) groups excluding carboxylic acids is 3. The molecule has 0 aliphatic rings. The van der Waals surface area contributed by atoms with E-state index in [2.05, 4.69) is 10.8 Å². The summed E-state index contributed by atoms with van der Waals surface area (Å²) >= 11 is 0. The predicted octanol–water partition coefficient (Wildman–Crippen LogP) is 4.50. The van der Waals surface area contributed by atoms with Crippen LogP contribution in [0.4, 0.5) is 0 Å². The number of allylic oxidation sites excluding steroid dienone is 1. The van der Waals surface area contributed by atoms with E-state index in [4.69, 9.17) is 9.47 Å². The van der Waals surface area contributed by atoms with E-state index < -0.39 is 0 Å². The first kappa shape index (κ1) is 25.1. The minimum absolute atomic E-state index is 0.183. The van der Waals surface area contributed by atoms with Crippen molar-refractivity contribution in [2.45, 2.75) is 90.6 Å². The van der Waals surface area contributed by atoms with Gasteiger partial charge in [-0.05, 0) is 44.6 Å². The Balaban J connectivity index is 3.80. The van der Waals surface area contributed by atoms with Crippen molar-refractivity contribution in [3.63, 3.8) is 0 Å². The van der Waals surface area contributed by atoms with Crippen LogP contribution in [0.5, 0.6) is 0 Å². The minimum atomic E-state index is -0.271. The van der Waals surface area contributed by atoms with E-state index in [0.717, 1.165) is 64.2 Å². The number of unbranched alkanes of at least 4 members (excludes halogenated alkanes) is 7. The van der Waals surface area contributed by atoms with Crippen LogP contribution in [-0.4, -0.2) is 37.7 Å². The van der Waals surface area contributed by atoms with Crippen LogP contribution in [0.1, 0.15) is 84.5 Å². The molecule has 1 unspecified atom stereocenters.